The normalized spacial score (nSPS) is 26.0. The summed E-state index contributed by atoms with van der Waals surface area (Å²) in [5.74, 6) is -0.258. The quantitative estimate of drug-likeness (QED) is 0.483. The van der Waals surface area contributed by atoms with Gasteiger partial charge in [0.05, 0.1) is 4.92 Å². The highest BCUT2D eigenvalue weighted by atomic mass is 32.1. The fourth-order valence-electron chi connectivity index (χ4n) is 2.98. The Morgan fingerprint density at radius 1 is 1.45 bits per heavy atom. The molecule has 1 atom stereocenters. The molecule has 2 aliphatic heterocycles. The number of rotatable bonds is 3. The zero-order valence-corrected chi connectivity index (χ0v) is 12.7. The Balaban J connectivity index is 1.66. The molecular formula is C12H15N5O4S. The van der Waals surface area contributed by atoms with Crippen molar-refractivity contribution < 1.29 is 14.5 Å². The van der Waals surface area contributed by atoms with Gasteiger partial charge in [-0.15, -0.1) is 0 Å². The number of nitrogens with one attached hydrogen (secondary N) is 2. The fourth-order valence-corrected chi connectivity index (χ4v) is 3.76. The van der Waals surface area contributed by atoms with Crippen LogP contribution in [0.3, 0.4) is 0 Å². The summed E-state index contributed by atoms with van der Waals surface area (Å²) in [4.78, 5) is 39.6. The Labute approximate surface area is 129 Å². The number of hydrogen-bond donors (Lipinski definition) is 2. The molecule has 0 spiro atoms. The van der Waals surface area contributed by atoms with Gasteiger partial charge in [0.2, 0.25) is 0 Å². The first-order valence-corrected chi connectivity index (χ1v) is 7.70. The minimum Gasteiger partial charge on any atom is -0.348 e. The second kappa shape index (κ2) is 5.20. The first-order chi connectivity index (χ1) is 10.4. The Hall–Kier alpha value is -2.23. The summed E-state index contributed by atoms with van der Waals surface area (Å²) < 4.78 is 0. The maximum absolute atomic E-state index is 11.9. The van der Waals surface area contributed by atoms with E-state index in [4.69, 9.17) is 0 Å². The Morgan fingerprint density at radius 2 is 2.14 bits per heavy atom. The number of carbonyl (C=O) groups excluding carboxylic acids is 2. The predicted molar refractivity (Wildman–Crippen MR) is 78.8 cm³/mol. The number of nitro groups is 1. The molecule has 1 aromatic heterocycles. The number of urea groups is 1. The zero-order valence-electron chi connectivity index (χ0n) is 11.9. The zero-order chi connectivity index (χ0) is 15.9. The molecule has 3 amide bonds. The molecule has 10 heteroatoms. The summed E-state index contributed by atoms with van der Waals surface area (Å²) in [5.41, 5.74) is -0.877. The number of amides is 3. The molecule has 0 bridgehead atoms. The standard InChI is InChI=1S/C12H15N5O4S/c1-12(9(18)14-10(19)15-12)7-2-4-16(5-3-7)11-13-6-8(22-11)17(20)21/h6-7H,2-5H2,1H3,(H2,14,15,18,19). The van der Waals surface area contributed by atoms with Crippen molar-refractivity contribution in [3.63, 3.8) is 0 Å². The van der Waals surface area contributed by atoms with Crippen molar-refractivity contribution >= 4 is 33.4 Å². The van der Waals surface area contributed by atoms with Gasteiger partial charge in [0, 0.05) is 13.1 Å². The van der Waals surface area contributed by atoms with E-state index in [0.717, 1.165) is 11.3 Å². The third-order valence-electron chi connectivity index (χ3n) is 4.32. The number of anilines is 1. The topological polar surface area (TPSA) is 117 Å². The van der Waals surface area contributed by atoms with E-state index in [9.17, 15) is 19.7 Å². The second-order valence-electron chi connectivity index (χ2n) is 5.61. The monoisotopic (exact) mass is 325 g/mol. The lowest BCUT2D eigenvalue weighted by atomic mass is 9.79. The molecule has 2 saturated heterocycles. The van der Waals surface area contributed by atoms with E-state index in [1.807, 2.05) is 4.90 Å². The molecule has 22 heavy (non-hydrogen) atoms. The highest BCUT2D eigenvalue weighted by Crippen LogP contribution is 2.35. The molecule has 1 aromatic rings. The smallest absolute Gasteiger partial charge is 0.345 e. The van der Waals surface area contributed by atoms with Crippen LogP contribution in [-0.4, -0.2) is 40.5 Å². The molecular weight excluding hydrogens is 310 g/mol. The maximum Gasteiger partial charge on any atom is 0.345 e. The van der Waals surface area contributed by atoms with Crippen LogP contribution in [0.2, 0.25) is 0 Å². The summed E-state index contributed by atoms with van der Waals surface area (Å²) in [7, 11) is 0. The highest BCUT2D eigenvalue weighted by molar-refractivity contribution is 7.18. The molecule has 0 aromatic carbocycles. The summed E-state index contributed by atoms with van der Waals surface area (Å²) in [6.45, 7) is 3.03. The van der Waals surface area contributed by atoms with Crippen LogP contribution in [-0.2, 0) is 4.79 Å². The van der Waals surface area contributed by atoms with Crippen LogP contribution in [0.4, 0.5) is 14.9 Å². The van der Waals surface area contributed by atoms with Gasteiger partial charge in [0.1, 0.15) is 11.7 Å². The van der Waals surface area contributed by atoms with Crippen molar-refractivity contribution in [1.82, 2.24) is 15.6 Å². The van der Waals surface area contributed by atoms with Gasteiger partial charge in [-0.05, 0) is 37.0 Å². The van der Waals surface area contributed by atoms with Gasteiger partial charge < -0.3 is 10.2 Å². The largest absolute Gasteiger partial charge is 0.348 e. The van der Waals surface area contributed by atoms with E-state index in [-0.39, 0.29) is 16.8 Å². The van der Waals surface area contributed by atoms with Gasteiger partial charge in [0.25, 0.3) is 5.91 Å². The van der Waals surface area contributed by atoms with Crippen LogP contribution in [0.5, 0.6) is 0 Å². The average Bonchev–Trinajstić information content (AvgIpc) is 3.05. The number of carbonyl (C=O) groups is 2. The van der Waals surface area contributed by atoms with Crippen molar-refractivity contribution in [3.8, 4) is 0 Å². The summed E-state index contributed by atoms with van der Waals surface area (Å²) >= 11 is 1.05. The van der Waals surface area contributed by atoms with Crippen molar-refractivity contribution in [1.29, 1.82) is 0 Å². The van der Waals surface area contributed by atoms with Crippen LogP contribution < -0.4 is 15.5 Å². The number of aromatic nitrogens is 1. The Kier molecular flexibility index (Phi) is 3.47. The average molecular weight is 325 g/mol. The molecule has 3 heterocycles. The molecule has 9 nitrogen and oxygen atoms in total. The van der Waals surface area contributed by atoms with Gasteiger partial charge in [-0.2, -0.15) is 0 Å². The highest BCUT2D eigenvalue weighted by Gasteiger charge is 2.48. The molecule has 2 N–H and O–H groups in total. The van der Waals surface area contributed by atoms with Gasteiger partial charge in [-0.1, -0.05) is 0 Å². The van der Waals surface area contributed by atoms with Gasteiger partial charge >= 0.3 is 11.0 Å². The minimum absolute atomic E-state index is 0.0199. The number of imide groups is 1. The van der Waals surface area contributed by atoms with E-state index in [1.54, 1.807) is 6.92 Å². The molecule has 0 aliphatic carbocycles. The lowest BCUT2D eigenvalue weighted by molar-refractivity contribution is -0.380. The Bertz CT molecular complexity index is 639. The number of hydrogen-bond acceptors (Lipinski definition) is 7. The lowest BCUT2D eigenvalue weighted by Crippen LogP contribution is -2.53. The first-order valence-electron chi connectivity index (χ1n) is 6.89. The van der Waals surface area contributed by atoms with Crippen molar-refractivity contribution in [2.75, 3.05) is 18.0 Å². The van der Waals surface area contributed by atoms with E-state index in [0.29, 0.717) is 31.1 Å². The van der Waals surface area contributed by atoms with Crippen LogP contribution in [0.1, 0.15) is 19.8 Å². The second-order valence-corrected chi connectivity index (χ2v) is 6.60. The fraction of sp³-hybridized carbons (Fsp3) is 0.583. The third kappa shape index (κ3) is 2.39. The van der Waals surface area contributed by atoms with E-state index >= 15 is 0 Å². The predicted octanol–water partition coefficient (Wildman–Crippen LogP) is 0.866. The minimum atomic E-state index is -0.877. The van der Waals surface area contributed by atoms with Crippen molar-refractivity contribution in [2.24, 2.45) is 5.92 Å². The molecule has 2 aliphatic rings. The number of nitrogens with zero attached hydrogens (tertiary/aromatic N) is 3. The first kappa shape index (κ1) is 14.7. The van der Waals surface area contributed by atoms with Gasteiger partial charge in [-0.25, -0.2) is 9.78 Å². The summed E-state index contributed by atoms with van der Waals surface area (Å²) in [6, 6.07) is -0.453. The van der Waals surface area contributed by atoms with Crippen LogP contribution >= 0.6 is 11.3 Å². The molecule has 3 rings (SSSR count). The van der Waals surface area contributed by atoms with Crippen LogP contribution in [0.25, 0.3) is 0 Å². The maximum atomic E-state index is 11.9. The van der Waals surface area contributed by atoms with E-state index in [1.165, 1.54) is 6.20 Å². The molecule has 2 fully saturated rings. The number of thiazole rings is 1. The van der Waals surface area contributed by atoms with Gasteiger partial charge in [0.15, 0.2) is 5.13 Å². The Morgan fingerprint density at radius 3 is 2.64 bits per heavy atom. The van der Waals surface area contributed by atoms with E-state index < -0.39 is 16.5 Å². The van der Waals surface area contributed by atoms with Crippen LogP contribution in [0, 0.1) is 16.0 Å². The summed E-state index contributed by atoms with van der Waals surface area (Å²) in [5, 5.41) is 16.3. The van der Waals surface area contributed by atoms with Crippen LogP contribution in [0.15, 0.2) is 6.20 Å². The SMILES string of the molecule is CC1(C2CCN(c3ncc([N+](=O)[O-])s3)CC2)NC(=O)NC1=O. The molecule has 0 saturated carbocycles. The molecule has 1 unspecified atom stereocenters. The van der Waals surface area contributed by atoms with Crippen molar-refractivity contribution in [2.45, 2.75) is 25.3 Å². The summed E-state index contributed by atoms with van der Waals surface area (Å²) in [6.07, 6.45) is 2.67. The number of piperidine rings is 1. The van der Waals surface area contributed by atoms with Crippen molar-refractivity contribution in [3.05, 3.63) is 16.3 Å². The molecule has 118 valence electrons. The molecule has 0 radical (unpaired) electrons. The lowest BCUT2D eigenvalue weighted by Gasteiger charge is -2.38. The van der Waals surface area contributed by atoms with E-state index in [2.05, 4.69) is 15.6 Å². The van der Waals surface area contributed by atoms with Gasteiger partial charge in [-0.3, -0.25) is 20.2 Å². The third-order valence-corrected chi connectivity index (χ3v) is 5.32.